The summed E-state index contributed by atoms with van der Waals surface area (Å²) in [6, 6.07) is 8.51. The molecule has 5 heteroatoms. The number of carbonyl (C=O) groups is 1. The van der Waals surface area contributed by atoms with Gasteiger partial charge in [0.2, 0.25) is 0 Å². The fraction of sp³-hybridized carbons (Fsp3) is 0.125. The Morgan fingerprint density at radius 2 is 1.81 bits per heavy atom. The first-order valence-electron chi connectivity index (χ1n) is 6.14. The van der Waals surface area contributed by atoms with Gasteiger partial charge in [0.15, 0.2) is 0 Å². The normalized spacial score (nSPS) is 9.43. The summed E-state index contributed by atoms with van der Waals surface area (Å²) in [5.74, 6) is 6.47. The lowest BCUT2D eigenvalue weighted by Gasteiger charge is -2.04. The number of primary amides is 1. The van der Waals surface area contributed by atoms with Crippen molar-refractivity contribution in [2.75, 3.05) is 14.2 Å². The SMILES string of the molecule is COc1cc(C#Cc2ncccc2C(N)=O)cc(OC)c1. The minimum Gasteiger partial charge on any atom is -0.497 e. The molecule has 0 atom stereocenters. The quantitative estimate of drug-likeness (QED) is 0.868. The third-order valence-electron chi connectivity index (χ3n) is 2.75. The summed E-state index contributed by atoms with van der Waals surface area (Å²) in [7, 11) is 3.13. The van der Waals surface area contributed by atoms with Crippen molar-refractivity contribution in [3.05, 3.63) is 53.3 Å². The van der Waals surface area contributed by atoms with Crippen molar-refractivity contribution in [2.45, 2.75) is 0 Å². The first-order chi connectivity index (χ1) is 10.1. The van der Waals surface area contributed by atoms with Crippen molar-refractivity contribution in [3.8, 4) is 23.3 Å². The zero-order valence-electron chi connectivity index (χ0n) is 11.7. The Labute approximate surface area is 122 Å². The highest BCUT2D eigenvalue weighted by molar-refractivity contribution is 5.94. The summed E-state index contributed by atoms with van der Waals surface area (Å²) >= 11 is 0. The van der Waals surface area contributed by atoms with Crippen LogP contribution in [0.5, 0.6) is 11.5 Å². The number of benzene rings is 1. The molecule has 2 N–H and O–H groups in total. The number of methoxy groups -OCH3 is 2. The van der Waals surface area contributed by atoms with E-state index in [9.17, 15) is 4.79 Å². The van der Waals surface area contributed by atoms with Gasteiger partial charge in [0.05, 0.1) is 19.8 Å². The van der Waals surface area contributed by atoms with Crippen LogP contribution >= 0.6 is 0 Å². The van der Waals surface area contributed by atoms with Crippen LogP contribution in [0.1, 0.15) is 21.6 Å². The van der Waals surface area contributed by atoms with E-state index in [1.165, 1.54) is 0 Å². The van der Waals surface area contributed by atoms with Crippen LogP contribution in [0.4, 0.5) is 0 Å². The topological polar surface area (TPSA) is 74.4 Å². The minimum absolute atomic E-state index is 0.292. The second kappa shape index (κ2) is 6.44. The molecule has 106 valence electrons. The number of pyridine rings is 1. The van der Waals surface area contributed by atoms with Crippen LogP contribution in [0.15, 0.2) is 36.5 Å². The van der Waals surface area contributed by atoms with Crippen LogP contribution in [0.25, 0.3) is 0 Å². The average Bonchev–Trinajstić information content (AvgIpc) is 2.52. The second-order valence-electron chi connectivity index (χ2n) is 4.12. The Morgan fingerprint density at radius 1 is 1.14 bits per heavy atom. The summed E-state index contributed by atoms with van der Waals surface area (Å²) in [4.78, 5) is 15.4. The molecule has 0 fully saturated rings. The number of nitrogens with two attached hydrogens (primary N) is 1. The van der Waals surface area contributed by atoms with Gasteiger partial charge in [-0.05, 0) is 30.2 Å². The summed E-state index contributed by atoms with van der Waals surface area (Å²) in [6.45, 7) is 0. The molecular formula is C16H14N2O3. The summed E-state index contributed by atoms with van der Waals surface area (Å²) in [6.07, 6.45) is 1.56. The van der Waals surface area contributed by atoms with Crippen molar-refractivity contribution in [1.29, 1.82) is 0 Å². The number of ether oxygens (including phenoxy) is 2. The fourth-order valence-electron chi connectivity index (χ4n) is 1.71. The monoisotopic (exact) mass is 282 g/mol. The first kappa shape index (κ1) is 14.4. The number of amides is 1. The predicted octanol–water partition coefficient (Wildman–Crippen LogP) is 1.60. The molecule has 2 rings (SSSR count). The number of rotatable bonds is 3. The standard InChI is InChI=1S/C16H14N2O3/c1-20-12-8-11(9-13(10-12)21-2)5-6-15-14(16(17)19)4-3-7-18-15/h3-4,7-10H,1-2H3,(H2,17,19). The van der Waals surface area contributed by atoms with Gasteiger partial charge in [0, 0.05) is 17.8 Å². The molecule has 2 aromatic rings. The number of hydrogen-bond donors (Lipinski definition) is 1. The molecule has 0 radical (unpaired) electrons. The van der Waals surface area contributed by atoms with E-state index in [0.29, 0.717) is 28.3 Å². The zero-order valence-corrected chi connectivity index (χ0v) is 11.7. The smallest absolute Gasteiger partial charge is 0.251 e. The van der Waals surface area contributed by atoms with Gasteiger partial charge in [-0.1, -0.05) is 5.92 Å². The highest BCUT2D eigenvalue weighted by Crippen LogP contribution is 2.21. The fourth-order valence-corrected chi connectivity index (χ4v) is 1.71. The molecule has 1 aromatic heterocycles. The van der Waals surface area contributed by atoms with Crippen LogP contribution in [-0.2, 0) is 0 Å². The summed E-state index contributed by atoms with van der Waals surface area (Å²) < 4.78 is 10.3. The zero-order chi connectivity index (χ0) is 15.2. The minimum atomic E-state index is -0.560. The first-order valence-corrected chi connectivity index (χ1v) is 6.14. The molecular weight excluding hydrogens is 268 g/mol. The van der Waals surface area contributed by atoms with Gasteiger partial charge in [0.25, 0.3) is 5.91 Å². The van der Waals surface area contributed by atoms with Crippen molar-refractivity contribution < 1.29 is 14.3 Å². The van der Waals surface area contributed by atoms with Gasteiger partial charge in [-0.3, -0.25) is 4.79 Å². The number of aromatic nitrogens is 1. The number of nitrogens with zero attached hydrogens (tertiary/aromatic N) is 1. The molecule has 0 saturated heterocycles. The third-order valence-corrected chi connectivity index (χ3v) is 2.75. The van der Waals surface area contributed by atoms with Crippen LogP contribution in [0.2, 0.25) is 0 Å². The summed E-state index contributed by atoms with van der Waals surface area (Å²) in [5, 5.41) is 0. The molecule has 1 aromatic carbocycles. The Hall–Kier alpha value is -3.00. The molecule has 0 aliphatic carbocycles. The Bertz CT molecular complexity index is 708. The maximum Gasteiger partial charge on any atom is 0.251 e. The van der Waals surface area contributed by atoms with Gasteiger partial charge in [-0.15, -0.1) is 0 Å². The van der Waals surface area contributed by atoms with Gasteiger partial charge >= 0.3 is 0 Å². The molecule has 0 aliphatic heterocycles. The molecule has 0 saturated carbocycles. The maximum atomic E-state index is 11.3. The predicted molar refractivity (Wildman–Crippen MR) is 78.3 cm³/mol. The highest BCUT2D eigenvalue weighted by atomic mass is 16.5. The van der Waals surface area contributed by atoms with Crippen molar-refractivity contribution >= 4 is 5.91 Å². The molecule has 0 unspecified atom stereocenters. The van der Waals surface area contributed by atoms with Gasteiger partial charge in [-0.2, -0.15) is 0 Å². The van der Waals surface area contributed by atoms with Crippen LogP contribution < -0.4 is 15.2 Å². The van der Waals surface area contributed by atoms with Gasteiger partial charge in [-0.25, -0.2) is 4.98 Å². The van der Waals surface area contributed by atoms with E-state index >= 15 is 0 Å². The Balaban J connectivity index is 2.42. The number of carbonyl (C=O) groups excluding carboxylic acids is 1. The van der Waals surface area contributed by atoms with E-state index in [2.05, 4.69) is 16.8 Å². The summed E-state index contributed by atoms with van der Waals surface area (Å²) in [5.41, 5.74) is 6.61. The van der Waals surface area contributed by atoms with Crippen molar-refractivity contribution in [1.82, 2.24) is 4.98 Å². The highest BCUT2D eigenvalue weighted by Gasteiger charge is 2.06. The number of hydrogen-bond acceptors (Lipinski definition) is 4. The van der Waals surface area contributed by atoms with Gasteiger partial charge in [0.1, 0.15) is 17.2 Å². The van der Waals surface area contributed by atoms with Crippen molar-refractivity contribution in [3.63, 3.8) is 0 Å². The molecule has 0 aliphatic rings. The lowest BCUT2D eigenvalue weighted by atomic mass is 10.1. The van der Waals surface area contributed by atoms with Crippen LogP contribution in [0.3, 0.4) is 0 Å². The van der Waals surface area contributed by atoms with E-state index in [1.807, 2.05) is 0 Å². The Kier molecular flexibility index (Phi) is 4.42. The lowest BCUT2D eigenvalue weighted by Crippen LogP contribution is -2.13. The second-order valence-corrected chi connectivity index (χ2v) is 4.12. The molecule has 1 amide bonds. The van der Waals surface area contributed by atoms with Crippen molar-refractivity contribution in [2.24, 2.45) is 5.73 Å². The third kappa shape index (κ3) is 3.51. The van der Waals surface area contributed by atoms with Crippen LogP contribution in [0, 0.1) is 11.8 Å². The Morgan fingerprint density at radius 3 is 2.38 bits per heavy atom. The lowest BCUT2D eigenvalue weighted by molar-refractivity contribution is 0.0999. The van der Waals surface area contributed by atoms with E-state index in [0.717, 1.165) is 0 Å². The van der Waals surface area contributed by atoms with E-state index in [4.69, 9.17) is 15.2 Å². The van der Waals surface area contributed by atoms with E-state index in [1.54, 1.807) is 50.7 Å². The van der Waals surface area contributed by atoms with Gasteiger partial charge < -0.3 is 15.2 Å². The maximum absolute atomic E-state index is 11.3. The van der Waals surface area contributed by atoms with Crippen LogP contribution in [-0.4, -0.2) is 25.1 Å². The molecule has 1 heterocycles. The van der Waals surface area contributed by atoms with E-state index in [-0.39, 0.29) is 0 Å². The molecule has 0 bridgehead atoms. The molecule has 0 spiro atoms. The average molecular weight is 282 g/mol. The largest absolute Gasteiger partial charge is 0.497 e. The van der Waals surface area contributed by atoms with E-state index < -0.39 is 5.91 Å². The molecule has 21 heavy (non-hydrogen) atoms. The molecule has 5 nitrogen and oxygen atoms in total.